The molecule has 0 radical (unpaired) electrons. The molecule has 0 bridgehead atoms. The van der Waals surface area contributed by atoms with E-state index < -0.39 is 11.6 Å². The zero-order valence-electron chi connectivity index (χ0n) is 14.7. The Labute approximate surface area is 145 Å². The molecule has 6 heteroatoms. The highest BCUT2D eigenvalue weighted by Gasteiger charge is 2.14. The Balaban J connectivity index is 2.17. The molecular weight excluding hydrogens is 328 g/mol. The number of nitrogens with one attached hydrogen (secondary N) is 1. The van der Waals surface area contributed by atoms with Crippen molar-refractivity contribution in [1.29, 1.82) is 0 Å². The lowest BCUT2D eigenvalue weighted by molar-refractivity contribution is -0.124. The van der Waals surface area contributed by atoms with Gasteiger partial charge in [-0.2, -0.15) is 0 Å². The first-order valence-corrected chi connectivity index (χ1v) is 7.76. The number of hydrogen-bond acceptors (Lipinski definition) is 3. The molecule has 0 heterocycles. The highest BCUT2D eigenvalue weighted by atomic mass is 19.1. The van der Waals surface area contributed by atoms with Crippen LogP contribution in [-0.4, -0.2) is 25.2 Å². The van der Waals surface area contributed by atoms with Gasteiger partial charge in [-0.25, -0.2) is 8.78 Å². The molecule has 0 atom stereocenters. The second-order valence-electron chi connectivity index (χ2n) is 6.61. The number of rotatable bonds is 5. The van der Waals surface area contributed by atoms with Crippen LogP contribution in [0.2, 0.25) is 0 Å². The lowest BCUT2D eigenvalue weighted by atomic mass is 10.0. The average Bonchev–Trinajstić information content (AvgIpc) is 2.50. The van der Waals surface area contributed by atoms with Crippen molar-refractivity contribution in [3.05, 3.63) is 48.0 Å². The fourth-order valence-corrected chi connectivity index (χ4v) is 2.26. The molecule has 0 saturated heterocycles. The molecule has 2 rings (SSSR count). The van der Waals surface area contributed by atoms with Gasteiger partial charge in [0, 0.05) is 11.6 Å². The smallest absolute Gasteiger partial charge is 0.258 e. The van der Waals surface area contributed by atoms with Gasteiger partial charge in [-0.05, 0) is 56.2 Å². The maximum atomic E-state index is 13.9. The third kappa shape index (κ3) is 5.45. The van der Waals surface area contributed by atoms with Gasteiger partial charge < -0.3 is 14.8 Å². The lowest BCUT2D eigenvalue weighted by Gasteiger charge is -2.20. The third-order valence-electron chi connectivity index (χ3n) is 3.24. The molecule has 25 heavy (non-hydrogen) atoms. The normalized spacial score (nSPS) is 11.1. The monoisotopic (exact) mass is 349 g/mol. The zero-order valence-corrected chi connectivity index (χ0v) is 14.7. The van der Waals surface area contributed by atoms with E-state index in [0.717, 1.165) is 0 Å². The lowest BCUT2D eigenvalue weighted by Crippen LogP contribution is -2.43. The molecule has 1 N–H and O–H groups in total. The second kappa shape index (κ2) is 7.51. The van der Waals surface area contributed by atoms with Crippen LogP contribution in [0, 0.1) is 11.6 Å². The van der Waals surface area contributed by atoms with Crippen LogP contribution in [0.25, 0.3) is 11.1 Å². The van der Waals surface area contributed by atoms with Gasteiger partial charge in [-0.15, -0.1) is 0 Å². The van der Waals surface area contributed by atoms with Gasteiger partial charge in [0.15, 0.2) is 18.2 Å². The molecule has 4 nitrogen and oxygen atoms in total. The Morgan fingerprint density at radius 3 is 2.40 bits per heavy atom. The molecule has 0 spiro atoms. The van der Waals surface area contributed by atoms with E-state index in [9.17, 15) is 13.6 Å². The summed E-state index contributed by atoms with van der Waals surface area (Å²) in [7, 11) is 1.37. The fraction of sp³-hybridized carbons (Fsp3) is 0.316. The summed E-state index contributed by atoms with van der Waals surface area (Å²) in [4.78, 5) is 11.8. The Morgan fingerprint density at radius 1 is 1.08 bits per heavy atom. The van der Waals surface area contributed by atoms with Gasteiger partial charge >= 0.3 is 0 Å². The summed E-state index contributed by atoms with van der Waals surface area (Å²) in [5.74, 6) is -1.10. The standard InChI is InChI=1S/C19H21F2NO3/c1-19(2,3)22-18(23)11-25-15-8-13(7-14(20)10-15)12-5-6-17(24-4)16(21)9-12/h5-10H,11H2,1-4H3,(H,22,23). The Bertz CT molecular complexity index is 770. The number of hydrogen-bond donors (Lipinski definition) is 1. The van der Waals surface area contributed by atoms with Gasteiger partial charge in [0.05, 0.1) is 7.11 Å². The van der Waals surface area contributed by atoms with Crippen molar-refractivity contribution in [2.45, 2.75) is 26.3 Å². The summed E-state index contributed by atoms with van der Waals surface area (Å²) in [5, 5.41) is 2.75. The van der Waals surface area contributed by atoms with E-state index in [-0.39, 0.29) is 29.6 Å². The molecule has 0 fully saturated rings. The first-order chi connectivity index (χ1) is 11.7. The van der Waals surface area contributed by atoms with Crippen molar-refractivity contribution < 1.29 is 23.0 Å². The van der Waals surface area contributed by atoms with Gasteiger partial charge in [0.25, 0.3) is 5.91 Å². The van der Waals surface area contributed by atoms with Crippen LogP contribution >= 0.6 is 0 Å². The molecule has 0 unspecified atom stereocenters. The predicted octanol–water partition coefficient (Wildman–Crippen LogP) is 3.93. The average molecular weight is 349 g/mol. The summed E-state index contributed by atoms with van der Waals surface area (Å²) in [6, 6.07) is 8.33. The van der Waals surface area contributed by atoms with E-state index in [1.807, 2.05) is 20.8 Å². The molecule has 0 aliphatic carbocycles. The highest BCUT2D eigenvalue weighted by Crippen LogP contribution is 2.29. The number of halogens is 2. The van der Waals surface area contributed by atoms with Crippen LogP contribution in [-0.2, 0) is 4.79 Å². The molecule has 134 valence electrons. The fourth-order valence-electron chi connectivity index (χ4n) is 2.26. The van der Waals surface area contributed by atoms with Crippen molar-refractivity contribution in [2.24, 2.45) is 0 Å². The molecule has 2 aromatic carbocycles. The molecule has 2 aromatic rings. The molecule has 0 aromatic heterocycles. The van der Waals surface area contributed by atoms with Crippen molar-refractivity contribution in [2.75, 3.05) is 13.7 Å². The van der Waals surface area contributed by atoms with E-state index in [0.29, 0.717) is 11.1 Å². The summed E-state index contributed by atoms with van der Waals surface area (Å²) in [5.41, 5.74) is 0.531. The number of amides is 1. The first-order valence-electron chi connectivity index (χ1n) is 7.76. The zero-order chi connectivity index (χ0) is 18.6. The largest absolute Gasteiger partial charge is 0.494 e. The van der Waals surface area contributed by atoms with Crippen LogP contribution < -0.4 is 14.8 Å². The molecule has 1 amide bonds. The maximum Gasteiger partial charge on any atom is 0.258 e. The Morgan fingerprint density at radius 2 is 1.80 bits per heavy atom. The van der Waals surface area contributed by atoms with Crippen molar-refractivity contribution >= 4 is 5.91 Å². The molecule has 0 aliphatic rings. The number of carbonyl (C=O) groups is 1. The van der Waals surface area contributed by atoms with Crippen molar-refractivity contribution in [3.63, 3.8) is 0 Å². The number of benzene rings is 2. The van der Waals surface area contributed by atoms with Crippen molar-refractivity contribution in [3.8, 4) is 22.6 Å². The van der Waals surface area contributed by atoms with Crippen LogP contribution in [0.4, 0.5) is 8.78 Å². The molecule has 0 aliphatic heterocycles. The van der Waals surface area contributed by atoms with E-state index in [1.54, 1.807) is 12.1 Å². The van der Waals surface area contributed by atoms with Crippen LogP contribution in [0.1, 0.15) is 20.8 Å². The Hall–Kier alpha value is -2.63. The SMILES string of the molecule is COc1ccc(-c2cc(F)cc(OCC(=O)NC(C)(C)C)c2)cc1F. The minimum atomic E-state index is -0.545. The summed E-state index contributed by atoms with van der Waals surface area (Å²) >= 11 is 0. The summed E-state index contributed by atoms with van der Waals surface area (Å²) in [6.45, 7) is 5.31. The van der Waals surface area contributed by atoms with E-state index in [4.69, 9.17) is 9.47 Å². The number of carbonyl (C=O) groups excluding carboxylic acids is 1. The third-order valence-corrected chi connectivity index (χ3v) is 3.24. The van der Waals surface area contributed by atoms with Gasteiger partial charge in [0.2, 0.25) is 0 Å². The topological polar surface area (TPSA) is 47.6 Å². The summed E-state index contributed by atoms with van der Waals surface area (Å²) < 4.78 is 37.9. The van der Waals surface area contributed by atoms with Crippen LogP contribution in [0.15, 0.2) is 36.4 Å². The van der Waals surface area contributed by atoms with Crippen molar-refractivity contribution in [1.82, 2.24) is 5.32 Å². The van der Waals surface area contributed by atoms with E-state index in [1.165, 1.54) is 31.4 Å². The minimum Gasteiger partial charge on any atom is -0.494 e. The Kier molecular flexibility index (Phi) is 5.62. The molecular formula is C19H21F2NO3. The van der Waals surface area contributed by atoms with E-state index >= 15 is 0 Å². The van der Waals surface area contributed by atoms with Gasteiger partial charge in [-0.3, -0.25) is 4.79 Å². The first kappa shape index (κ1) is 18.7. The predicted molar refractivity (Wildman–Crippen MR) is 91.7 cm³/mol. The number of ether oxygens (including phenoxy) is 2. The quantitative estimate of drug-likeness (QED) is 0.890. The molecule has 0 saturated carbocycles. The van der Waals surface area contributed by atoms with E-state index in [2.05, 4.69) is 5.32 Å². The maximum absolute atomic E-state index is 13.9. The van der Waals surface area contributed by atoms with Crippen LogP contribution in [0.5, 0.6) is 11.5 Å². The van der Waals surface area contributed by atoms with Gasteiger partial charge in [0.1, 0.15) is 11.6 Å². The highest BCUT2D eigenvalue weighted by molar-refractivity contribution is 5.78. The second-order valence-corrected chi connectivity index (χ2v) is 6.61. The van der Waals surface area contributed by atoms with Crippen LogP contribution in [0.3, 0.4) is 0 Å². The minimum absolute atomic E-state index is 0.107. The van der Waals surface area contributed by atoms with Gasteiger partial charge in [-0.1, -0.05) is 6.07 Å². The number of methoxy groups -OCH3 is 1. The summed E-state index contributed by atoms with van der Waals surface area (Å²) in [6.07, 6.45) is 0.